The van der Waals surface area contributed by atoms with Crippen LogP contribution in [0.2, 0.25) is 0 Å². The zero-order valence-corrected chi connectivity index (χ0v) is 10.1. The van der Waals surface area contributed by atoms with Crippen molar-refractivity contribution in [3.05, 3.63) is 35.9 Å². The maximum absolute atomic E-state index is 5.85. The Labute approximate surface area is 98.0 Å². The average molecular weight is 219 g/mol. The molecule has 0 spiro atoms. The number of benzene rings is 1. The van der Waals surface area contributed by atoms with E-state index in [4.69, 9.17) is 4.74 Å². The van der Waals surface area contributed by atoms with Crippen molar-refractivity contribution >= 4 is 0 Å². The van der Waals surface area contributed by atoms with E-state index in [1.165, 1.54) is 5.56 Å². The maximum Gasteiger partial charge on any atom is 0.0697 e. The van der Waals surface area contributed by atoms with Crippen LogP contribution in [-0.4, -0.2) is 19.3 Å². The standard InChI is InChI=1S/C14H21NO/c1-3-13-9-15-14(11(2)10-16-13)12-7-5-4-6-8-12/h4-8,11,13-15H,3,9-10H2,1-2H3. The van der Waals surface area contributed by atoms with Crippen molar-refractivity contribution in [3.8, 4) is 0 Å². The second-order valence-electron chi connectivity index (χ2n) is 4.64. The van der Waals surface area contributed by atoms with Crippen molar-refractivity contribution in [3.63, 3.8) is 0 Å². The van der Waals surface area contributed by atoms with Gasteiger partial charge < -0.3 is 10.1 Å². The molecule has 0 saturated carbocycles. The summed E-state index contributed by atoms with van der Waals surface area (Å²) in [5, 5.41) is 3.62. The summed E-state index contributed by atoms with van der Waals surface area (Å²) in [6, 6.07) is 11.1. The lowest BCUT2D eigenvalue weighted by Gasteiger charge is -2.21. The van der Waals surface area contributed by atoms with Gasteiger partial charge in [-0.3, -0.25) is 0 Å². The van der Waals surface area contributed by atoms with Crippen molar-refractivity contribution < 1.29 is 4.74 Å². The molecular weight excluding hydrogens is 198 g/mol. The predicted molar refractivity (Wildman–Crippen MR) is 66.4 cm³/mol. The van der Waals surface area contributed by atoms with Crippen molar-refractivity contribution in [2.75, 3.05) is 13.2 Å². The number of rotatable bonds is 2. The van der Waals surface area contributed by atoms with Gasteiger partial charge in [-0.2, -0.15) is 0 Å². The van der Waals surface area contributed by atoms with E-state index in [-0.39, 0.29) is 0 Å². The van der Waals surface area contributed by atoms with Crippen molar-refractivity contribution in [2.24, 2.45) is 5.92 Å². The molecule has 1 heterocycles. The third-order valence-electron chi connectivity index (χ3n) is 3.34. The Morgan fingerprint density at radius 3 is 2.75 bits per heavy atom. The molecule has 2 nitrogen and oxygen atoms in total. The van der Waals surface area contributed by atoms with Gasteiger partial charge in [-0.15, -0.1) is 0 Å². The summed E-state index contributed by atoms with van der Waals surface area (Å²) in [6.07, 6.45) is 1.46. The second-order valence-corrected chi connectivity index (χ2v) is 4.64. The number of hydrogen-bond donors (Lipinski definition) is 1. The smallest absolute Gasteiger partial charge is 0.0697 e. The average Bonchev–Trinajstić information content (AvgIpc) is 2.52. The lowest BCUT2D eigenvalue weighted by molar-refractivity contribution is 0.0476. The summed E-state index contributed by atoms with van der Waals surface area (Å²) in [5.74, 6) is 0.527. The van der Waals surface area contributed by atoms with Crippen LogP contribution in [0.25, 0.3) is 0 Å². The minimum Gasteiger partial charge on any atom is -0.377 e. The van der Waals surface area contributed by atoms with Gasteiger partial charge in [-0.25, -0.2) is 0 Å². The van der Waals surface area contributed by atoms with Crippen LogP contribution in [0.5, 0.6) is 0 Å². The molecule has 88 valence electrons. The highest BCUT2D eigenvalue weighted by molar-refractivity contribution is 5.19. The van der Waals surface area contributed by atoms with Gasteiger partial charge in [0.1, 0.15) is 0 Å². The first-order valence-electron chi connectivity index (χ1n) is 6.21. The highest BCUT2D eigenvalue weighted by Gasteiger charge is 2.24. The fourth-order valence-electron chi connectivity index (χ4n) is 2.27. The lowest BCUT2D eigenvalue weighted by Crippen LogP contribution is -2.29. The van der Waals surface area contributed by atoms with Crippen LogP contribution < -0.4 is 5.32 Å². The molecule has 0 amide bonds. The van der Waals surface area contributed by atoms with Crippen molar-refractivity contribution in [1.29, 1.82) is 0 Å². The van der Waals surface area contributed by atoms with E-state index in [0.29, 0.717) is 18.1 Å². The molecule has 1 aliphatic rings. The molecule has 1 N–H and O–H groups in total. The maximum atomic E-state index is 5.85. The molecule has 1 aromatic carbocycles. The van der Waals surface area contributed by atoms with Crippen molar-refractivity contribution in [2.45, 2.75) is 32.4 Å². The molecule has 0 bridgehead atoms. The summed E-state index contributed by atoms with van der Waals surface area (Å²) in [6.45, 7) is 6.24. The molecule has 1 saturated heterocycles. The van der Waals surface area contributed by atoms with Gasteiger partial charge in [0.05, 0.1) is 12.7 Å². The fraction of sp³-hybridized carbons (Fsp3) is 0.571. The van der Waals surface area contributed by atoms with Gasteiger partial charge in [0.25, 0.3) is 0 Å². The van der Waals surface area contributed by atoms with E-state index in [0.717, 1.165) is 19.6 Å². The van der Waals surface area contributed by atoms with Crippen LogP contribution in [0, 0.1) is 5.92 Å². The van der Waals surface area contributed by atoms with Gasteiger partial charge in [0, 0.05) is 12.6 Å². The molecule has 1 aromatic rings. The Hall–Kier alpha value is -0.860. The molecule has 1 fully saturated rings. The molecule has 1 aliphatic heterocycles. The highest BCUT2D eigenvalue weighted by atomic mass is 16.5. The minimum absolute atomic E-state index is 0.371. The summed E-state index contributed by atoms with van der Waals surface area (Å²) in [5.41, 5.74) is 1.37. The van der Waals surface area contributed by atoms with Gasteiger partial charge in [0.2, 0.25) is 0 Å². The molecule has 0 aromatic heterocycles. The molecule has 2 rings (SSSR count). The van der Waals surface area contributed by atoms with E-state index < -0.39 is 0 Å². The van der Waals surface area contributed by atoms with Gasteiger partial charge in [-0.05, 0) is 17.9 Å². The third-order valence-corrected chi connectivity index (χ3v) is 3.34. The molecule has 2 heteroatoms. The third kappa shape index (κ3) is 2.63. The van der Waals surface area contributed by atoms with Crippen LogP contribution >= 0.6 is 0 Å². The first-order chi connectivity index (χ1) is 7.81. The minimum atomic E-state index is 0.371. The number of nitrogens with one attached hydrogen (secondary N) is 1. The molecule has 0 radical (unpaired) electrons. The largest absolute Gasteiger partial charge is 0.377 e. The normalized spacial score (nSPS) is 31.0. The van der Waals surface area contributed by atoms with Gasteiger partial charge in [0.15, 0.2) is 0 Å². The Balaban J connectivity index is 2.09. The van der Waals surface area contributed by atoms with Crippen LogP contribution in [0.15, 0.2) is 30.3 Å². The van der Waals surface area contributed by atoms with Crippen LogP contribution in [0.3, 0.4) is 0 Å². The molecule has 3 unspecified atom stereocenters. The lowest BCUT2D eigenvalue weighted by atomic mass is 9.95. The Bertz CT molecular complexity index is 312. The second kappa shape index (κ2) is 5.46. The predicted octanol–water partition coefficient (Wildman–Crippen LogP) is 2.76. The Morgan fingerprint density at radius 2 is 2.06 bits per heavy atom. The van der Waals surface area contributed by atoms with Crippen LogP contribution in [0.4, 0.5) is 0 Å². The van der Waals surface area contributed by atoms with E-state index in [9.17, 15) is 0 Å². The first-order valence-corrected chi connectivity index (χ1v) is 6.21. The first kappa shape index (κ1) is 11.6. The summed E-state index contributed by atoms with van der Waals surface area (Å²) in [4.78, 5) is 0. The van der Waals surface area contributed by atoms with Gasteiger partial charge in [-0.1, -0.05) is 44.2 Å². The molecule has 3 atom stereocenters. The van der Waals surface area contributed by atoms with E-state index in [1.54, 1.807) is 0 Å². The van der Waals surface area contributed by atoms with Gasteiger partial charge >= 0.3 is 0 Å². The summed E-state index contributed by atoms with van der Waals surface area (Å²) < 4.78 is 5.85. The monoisotopic (exact) mass is 219 g/mol. The zero-order valence-electron chi connectivity index (χ0n) is 10.1. The summed E-state index contributed by atoms with van der Waals surface area (Å²) in [7, 11) is 0. The van der Waals surface area contributed by atoms with Crippen molar-refractivity contribution in [1.82, 2.24) is 5.32 Å². The molecular formula is C14H21NO. The van der Waals surface area contributed by atoms with Crippen LogP contribution in [-0.2, 0) is 4.74 Å². The summed E-state index contributed by atoms with van der Waals surface area (Å²) >= 11 is 0. The Kier molecular flexibility index (Phi) is 3.97. The number of ether oxygens (including phenoxy) is 1. The SMILES string of the molecule is CCC1CNC(c2ccccc2)C(C)CO1. The van der Waals surface area contributed by atoms with E-state index in [1.807, 2.05) is 0 Å². The van der Waals surface area contributed by atoms with E-state index in [2.05, 4.69) is 49.5 Å². The molecule has 0 aliphatic carbocycles. The quantitative estimate of drug-likeness (QED) is 0.826. The Morgan fingerprint density at radius 1 is 1.31 bits per heavy atom. The molecule has 16 heavy (non-hydrogen) atoms. The van der Waals surface area contributed by atoms with E-state index >= 15 is 0 Å². The van der Waals surface area contributed by atoms with Crippen LogP contribution in [0.1, 0.15) is 31.9 Å². The zero-order chi connectivity index (χ0) is 11.4. The topological polar surface area (TPSA) is 21.3 Å². The number of hydrogen-bond acceptors (Lipinski definition) is 2. The fourth-order valence-corrected chi connectivity index (χ4v) is 2.27. The highest BCUT2D eigenvalue weighted by Crippen LogP contribution is 2.24.